The predicted octanol–water partition coefficient (Wildman–Crippen LogP) is 0.655. The minimum atomic E-state index is -1.30. The first kappa shape index (κ1) is 27.2. The number of methoxy groups -OCH3 is 1. The molecule has 36 heavy (non-hydrogen) atoms. The zero-order chi connectivity index (χ0) is 26.6. The Morgan fingerprint density at radius 1 is 1.31 bits per heavy atom. The van der Waals surface area contributed by atoms with Crippen molar-refractivity contribution >= 4 is 57.9 Å². The van der Waals surface area contributed by atoms with Crippen LogP contribution >= 0.6 is 23.1 Å². The van der Waals surface area contributed by atoms with Gasteiger partial charge < -0.3 is 35.2 Å². The number of hydrogen-bond acceptors (Lipinski definition) is 14. The normalized spacial score (nSPS) is 20.4. The molecule has 2 aliphatic rings. The van der Waals surface area contributed by atoms with Gasteiger partial charge in [-0.2, -0.15) is 0 Å². The first-order valence-electron chi connectivity index (χ1n) is 10.6. The third-order valence-corrected chi connectivity index (χ3v) is 6.81. The average Bonchev–Trinajstić information content (AvgIpc) is 3.22. The zero-order valence-corrected chi connectivity index (χ0v) is 21.4. The molecule has 0 bridgehead atoms. The molecule has 1 saturated heterocycles. The van der Waals surface area contributed by atoms with E-state index in [2.05, 4.69) is 15.5 Å². The summed E-state index contributed by atoms with van der Waals surface area (Å²) in [4.78, 5) is 55.4. The molecule has 0 radical (unpaired) electrons. The molecule has 1 aromatic heterocycles. The Morgan fingerprint density at radius 2 is 2.03 bits per heavy atom. The minimum absolute atomic E-state index is 0.0438. The molecule has 3 atom stereocenters. The fourth-order valence-corrected chi connectivity index (χ4v) is 5.24. The van der Waals surface area contributed by atoms with Gasteiger partial charge in [0.1, 0.15) is 22.8 Å². The van der Waals surface area contributed by atoms with Crippen LogP contribution in [0, 0.1) is 0 Å². The Labute approximate surface area is 213 Å². The fourth-order valence-electron chi connectivity index (χ4n) is 3.36. The summed E-state index contributed by atoms with van der Waals surface area (Å²) in [5, 5.41) is 15.7. The lowest BCUT2D eigenvalue weighted by Crippen LogP contribution is -2.71. The number of ether oxygens (including phenoxy) is 4. The van der Waals surface area contributed by atoms with Crippen LogP contribution in [0.3, 0.4) is 0 Å². The third kappa shape index (κ3) is 5.88. The third-order valence-electron chi connectivity index (χ3n) is 4.79. The molecule has 3 rings (SSSR count). The van der Waals surface area contributed by atoms with Crippen molar-refractivity contribution in [2.45, 2.75) is 44.6 Å². The highest BCUT2D eigenvalue weighted by atomic mass is 32.2. The van der Waals surface area contributed by atoms with E-state index < -0.39 is 53.5 Å². The average molecular weight is 544 g/mol. The Bertz CT molecular complexity index is 1100. The Hall–Kier alpha value is -3.37. The van der Waals surface area contributed by atoms with Gasteiger partial charge >= 0.3 is 12.1 Å². The fraction of sp³-hybridized carbons (Fsp3) is 0.500. The quantitative estimate of drug-likeness (QED) is 0.0985. The topological polar surface area (TPSA) is 192 Å². The Balaban J connectivity index is 1.72. The van der Waals surface area contributed by atoms with Crippen LogP contribution in [0.25, 0.3) is 0 Å². The smallest absolute Gasteiger partial charge is 0.431 e. The van der Waals surface area contributed by atoms with Crippen LogP contribution in [-0.2, 0) is 33.3 Å². The lowest BCUT2D eigenvalue weighted by molar-refractivity contribution is -0.169. The number of anilines is 1. The van der Waals surface area contributed by atoms with E-state index >= 15 is 0 Å². The molecule has 2 unspecified atom stereocenters. The van der Waals surface area contributed by atoms with Crippen LogP contribution in [0.4, 0.5) is 9.93 Å². The van der Waals surface area contributed by atoms with Crippen molar-refractivity contribution in [1.82, 2.24) is 15.2 Å². The van der Waals surface area contributed by atoms with Crippen LogP contribution in [0.2, 0.25) is 0 Å². The second-order valence-electron chi connectivity index (χ2n) is 7.77. The zero-order valence-electron chi connectivity index (χ0n) is 19.7. The van der Waals surface area contributed by atoms with Gasteiger partial charge in [0.25, 0.3) is 11.8 Å². The second-order valence-corrected chi connectivity index (χ2v) is 9.77. The maximum Gasteiger partial charge on any atom is 0.511 e. The monoisotopic (exact) mass is 543 g/mol. The number of aromatic nitrogens is 1. The van der Waals surface area contributed by atoms with Gasteiger partial charge in [-0.3, -0.25) is 14.5 Å². The molecule has 14 nitrogen and oxygen atoms in total. The van der Waals surface area contributed by atoms with Gasteiger partial charge in [-0.05, 0) is 19.4 Å². The standard InChI is InChI=1S/C20H25N5O9S2/c1-8(2)32-20(29)34-9(3)33-18(28)14-10(5-31-4)6-35-17-13(16(27)25(14)17)23-15(26)12(24-30)11-7-36-19(21)22-11/h7-9,13,17,30H,5-6H2,1-4H3,(H2,21,22)(H,23,26)/b24-12-/t9?,13?,17-/m1/s1. The first-order chi connectivity index (χ1) is 17.1. The number of rotatable bonds is 9. The molecule has 0 aromatic carbocycles. The van der Waals surface area contributed by atoms with Gasteiger partial charge in [0.15, 0.2) is 10.8 Å². The number of nitrogen functional groups attached to an aromatic ring is 1. The lowest BCUT2D eigenvalue weighted by atomic mass is 10.0. The molecule has 2 amide bonds. The summed E-state index contributed by atoms with van der Waals surface area (Å²) in [5.41, 5.74) is 5.62. The number of thiazole rings is 1. The van der Waals surface area contributed by atoms with Gasteiger partial charge in [-0.1, -0.05) is 5.16 Å². The van der Waals surface area contributed by atoms with Crippen LogP contribution < -0.4 is 11.1 Å². The van der Waals surface area contributed by atoms with Crippen molar-refractivity contribution in [3.63, 3.8) is 0 Å². The highest BCUT2D eigenvalue weighted by Gasteiger charge is 2.55. The predicted molar refractivity (Wildman–Crippen MR) is 127 cm³/mol. The number of fused-ring (bicyclic) bond motifs is 1. The van der Waals surface area contributed by atoms with E-state index in [0.717, 1.165) is 11.3 Å². The van der Waals surface area contributed by atoms with Crippen molar-refractivity contribution in [1.29, 1.82) is 0 Å². The van der Waals surface area contributed by atoms with E-state index in [4.69, 9.17) is 24.7 Å². The maximum absolute atomic E-state index is 13.0. The highest BCUT2D eigenvalue weighted by molar-refractivity contribution is 8.00. The van der Waals surface area contributed by atoms with Crippen molar-refractivity contribution in [3.8, 4) is 0 Å². The van der Waals surface area contributed by atoms with E-state index in [0.29, 0.717) is 11.3 Å². The van der Waals surface area contributed by atoms with Crippen molar-refractivity contribution in [2.24, 2.45) is 5.16 Å². The summed E-state index contributed by atoms with van der Waals surface area (Å²) in [5.74, 6) is -2.05. The van der Waals surface area contributed by atoms with Crippen LogP contribution in [-0.4, -0.2) is 88.0 Å². The van der Waals surface area contributed by atoms with E-state index in [1.54, 1.807) is 13.8 Å². The Kier molecular flexibility index (Phi) is 8.75. The Morgan fingerprint density at radius 3 is 2.61 bits per heavy atom. The molecule has 0 aliphatic carbocycles. The van der Waals surface area contributed by atoms with Crippen molar-refractivity contribution < 1.29 is 43.3 Å². The summed E-state index contributed by atoms with van der Waals surface area (Å²) in [7, 11) is 1.43. The van der Waals surface area contributed by atoms with Gasteiger partial charge in [-0.25, -0.2) is 14.6 Å². The molecule has 0 spiro atoms. The number of β-lactam (4-membered cyclic amide) rings is 1. The van der Waals surface area contributed by atoms with Crippen LogP contribution in [0.15, 0.2) is 21.8 Å². The molecular weight excluding hydrogens is 518 g/mol. The lowest BCUT2D eigenvalue weighted by Gasteiger charge is -2.49. The number of nitrogens with one attached hydrogen (secondary N) is 1. The van der Waals surface area contributed by atoms with Gasteiger partial charge in [0.05, 0.1) is 12.7 Å². The maximum atomic E-state index is 13.0. The number of nitrogens with zero attached hydrogens (tertiary/aromatic N) is 3. The molecule has 16 heteroatoms. The molecule has 1 fully saturated rings. The van der Waals surface area contributed by atoms with Gasteiger partial charge in [0.2, 0.25) is 6.29 Å². The summed E-state index contributed by atoms with van der Waals surface area (Å²) >= 11 is 2.34. The summed E-state index contributed by atoms with van der Waals surface area (Å²) < 4.78 is 20.1. The van der Waals surface area contributed by atoms with E-state index in [9.17, 15) is 24.4 Å². The summed E-state index contributed by atoms with van der Waals surface area (Å²) in [6.07, 6.45) is -2.74. The number of nitrogens with two attached hydrogens (primary N) is 1. The number of hydrogen-bond donors (Lipinski definition) is 3. The van der Waals surface area contributed by atoms with Gasteiger partial charge in [-0.15, -0.1) is 23.1 Å². The molecule has 196 valence electrons. The number of thioether (sulfide) groups is 1. The van der Waals surface area contributed by atoms with E-state index in [1.165, 1.54) is 36.1 Å². The summed E-state index contributed by atoms with van der Waals surface area (Å²) in [6, 6.07) is -1.02. The van der Waals surface area contributed by atoms with E-state index in [1.807, 2.05) is 0 Å². The number of amides is 2. The number of carbonyl (C=O) groups excluding carboxylic acids is 4. The highest BCUT2D eigenvalue weighted by Crippen LogP contribution is 2.41. The first-order valence-corrected chi connectivity index (χ1v) is 12.5. The molecule has 3 heterocycles. The summed E-state index contributed by atoms with van der Waals surface area (Å²) in [6.45, 7) is 4.63. The van der Waals surface area contributed by atoms with Crippen LogP contribution in [0.1, 0.15) is 26.5 Å². The molecule has 0 saturated carbocycles. The van der Waals surface area contributed by atoms with Gasteiger partial charge in [0, 0.05) is 25.2 Å². The SMILES string of the molecule is COCC1=C(C(=O)OC(C)OC(=O)OC(C)C)N2C(=O)C(NC(=O)/C(=N\O)c3csc(N)n3)[C@H]2SC1. The molecule has 1 aromatic rings. The van der Waals surface area contributed by atoms with E-state index in [-0.39, 0.29) is 23.1 Å². The number of oxime groups is 1. The second kappa shape index (κ2) is 11.6. The van der Waals surface area contributed by atoms with Crippen LogP contribution in [0.5, 0.6) is 0 Å². The largest absolute Gasteiger partial charge is 0.511 e. The number of esters is 1. The molecule has 2 aliphatic heterocycles. The molecular formula is C20H25N5O9S2. The molecule has 4 N–H and O–H groups in total. The van der Waals surface area contributed by atoms with Crippen molar-refractivity contribution in [3.05, 3.63) is 22.3 Å². The van der Waals surface area contributed by atoms with Crippen molar-refractivity contribution in [2.75, 3.05) is 25.2 Å². The minimum Gasteiger partial charge on any atom is -0.431 e. The number of carbonyl (C=O) groups is 4.